The molecule has 4 heteroatoms. The normalized spacial score (nSPS) is 10.2. The van der Waals surface area contributed by atoms with E-state index in [4.69, 9.17) is 0 Å². The van der Waals surface area contributed by atoms with E-state index in [2.05, 4.69) is 26.6 Å². The molecule has 0 radical (unpaired) electrons. The van der Waals surface area contributed by atoms with Crippen LogP contribution in [0, 0.1) is 6.92 Å². The zero-order chi connectivity index (χ0) is 11.4. The van der Waals surface area contributed by atoms with Crippen LogP contribution in [0.5, 0.6) is 0 Å². The molecular weight excluding hydrogens is 256 g/mol. The summed E-state index contributed by atoms with van der Waals surface area (Å²) in [7, 11) is 0. The van der Waals surface area contributed by atoms with Crippen LogP contribution in [0.15, 0.2) is 22.7 Å². The number of carbonyl (C=O) groups is 1. The van der Waals surface area contributed by atoms with E-state index < -0.39 is 0 Å². The van der Waals surface area contributed by atoms with Crippen molar-refractivity contribution in [1.82, 2.24) is 5.32 Å². The van der Waals surface area contributed by atoms with Gasteiger partial charge in [0.05, 0.1) is 0 Å². The Hall–Kier alpha value is -1.03. The van der Waals surface area contributed by atoms with Crippen molar-refractivity contribution in [2.45, 2.75) is 26.8 Å². The molecule has 1 aromatic rings. The molecule has 0 fully saturated rings. The fourth-order valence-electron chi connectivity index (χ4n) is 1.15. The third kappa shape index (κ3) is 3.91. The number of amides is 2. The van der Waals surface area contributed by atoms with E-state index in [-0.39, 0.29) is 12.1 Å². The molecule has 0 aliphatic rings. The third-order valence-electron chi connectivity index (χ3n) is 1.87. The van der Waals surface area contributed by atoms with Crippen LogP contribution in [-0.2, 0) is 0 Å². The quantitative estimate of drug-likeness (QED) is 0.851. The second-order valence-electron chi connectivity index (χ2n) is 3.71. The predicted molar refractivity (Wildman–Crippen MR) is 66.2 cm³/mol. The largest absolute Gasteiger partial charge is 0.336 e. The molecule has 0 spiro atoms. The van der Waals surface area contributed by atoms with Crippen molar-refractivity contribution in [3.8, 4) is 0 Å². The standard InChI is InChI=1S/C11H15BrN2O/c1-7(2)13-11(15)14-10-6-9(12)5-4-8(10)3/h4-7H,1-3H3,(H2,13,14,15). The van der Waals surface area contributed by atoms with E-state index >= 15 is 0 Å². The number of anilines is 1. The van der Waals surface area contributed by atoms with Gasteiger partial charge in [-0.15, -0.1) is 0 Å². The molecule has 0 aliphatic heterocycles. The molecule has 0 atom stereocenters. The van der Waals surface area contributed by atoms with Crippen LogP contribution in [-0.4, -0.2) is 12.1 Å². The van der Waals surface area contributed by atoms with Crippen molar-refractivity contribution in [2.24, 2.45) is 0 Å². The summed E-state index contributed by atoms with van der Waals surface area (Å²) in [4.78, 5) is 11.4. The molecule has 0 heterocycles. The average Bonchev–Trinajstić information content (AvgIpc) is 2.10. The Morgan fingerprint density at radius 2 is 2.07 bits per heavy atom. The molecule has 1 aromatic carbocycles. The van der Waals surface area contributed by atoms with Gasteiger partial charge < -0.3 is 10.6 Å². The summed E-state index contributed by atoms with van der Waals surface area (Å²) in [6, 6.07) is 5.74. The van der Waals surface area contributed by atoms with Gasteiger partial charge in [0.2, 0.25) is 0 Å². The fourth-order valence-corrected chi connectivity index (χ4v) is 1.51. The second kappa shape index (κ2) is 5.16. The first-order valence-electron chi connectivity index (χ1n) is 4.82. The molecular formula is C11H15BrN2O. The Balaban J connectivity index is 2.71. The minimum absolute atomic E-state index is 0.137. The summed E-state index contributed by atoms with van der Waals surface area (Å²) >= 11 is 3.37. The lowest BCUT2D eigenvalue weighted by Gasteiger charge is -2.12. The van der Waals surface area contributed by atoms with Crippen molar-refractivity contribution in [3.63, 3.8) is 0 Å². The number of halogens is 1. The highest BCUT2D eigenvalue weighted by molar-refractivity contribution is 9.10. The van der Waals surface area contributed by atoms with Gasteiger partial charge >= 0.3 is 6.03 Å². The van der Waals surface area contributed by atoms with Crippen LogP contribution in [0.4, 0.5) is 10.5 Å². The Kier molecular flexibility index (Phi) is 4.15. The SMILES string of the molecule is Cc1ccc(Br)cc1NC(=O)NC(C)C. The van der Waals surface area contributed by atoms with Crippen LogP contribution in [0.3, 0.4) is 0 Å². The van der Waals surface area contributed by atoms with Gasteiger partial charge in [0.25, 0.3) is 0 Å². The first-order chi connectivity index (χ1) is 6.99. The molecule has 0 unspecified atom stereocenters. The molecule has 15 heavy (non-hydrogen) atoms. The van der Waals surface area contributed by atoms with Gasteiger partial charge in [-0.2, -0.15) is 0 Å². The molecule has 0 saturated carbocycles. The van der Waals surface area contributed by atoms with Crippen molar-refractivity contribution >= 4 is 27.6 Å². The van der Waals surface area contributed by atoms with Crippen molar-refractivity contribution in [2.75, 3.05) is 5.32 Å². The number of hydrogen-bond acceptors (Lipinski definition) is 1. The topological polar surface area (TPSA) is 41.1 Å². The third-order valence-corrected chi connectivity index (χ3v) is 2.36. The van der Waals surface area contributed by atoms with Crippen molar-refractivity contribution < 1.29 is 4.79 Å². The van der Waals surface area contributed by atoms with E-state index in [1.807, 2.05) is 39.0 Å². The van der Waals surface area contributed by atoms with Gasteiger partial charge in [-0.05, 0) is 38.5 Å². The highest BCUT2D eigenvalue weighted by Gasteiger charge is 2.05. The first-order valence-corrected chi connectivity index (χ1v) is 5.62. The lowest BCUT2D eigenvalue weighted by atomic mass is 10.2. The summed E-state index contributed by atoms with van der Waals surface area (Å²) in [6.45, 7) is 5.80. The van der Waals surface area contributed by atoms with E-state index in [1.165, 1.54) is 0 Å². The molecule has 0 aromatic heterocycles. The molecule has 2 amide bonds. The van der Waals surface area contributed by atoms with E-state index in [9.17, 15) is 4.79 Å². The fraction of sp³-hybridized carbons (Fsp3) is 0.364. The summed E-state index contributed by atoms with van der Waals surface area (Å²) in [5.41, 5.74) is 1.86. The Morgan fingerprint density at radius 3 is 2.67 bits per heavy atom. The lowest BCUT2D eigenvalue weighted by Crippen LogP contribution is -2.34. The number of nitrogens with one attached hydrogen (secondary N) is 2. The summed E-state index contributed by atoms with van der Waals surface area (Å²) in [6.07, 6.45) is 0. The average molecular weight is 271 g/mol. The summed E-state index contributed by atoms with van der Waals surface area (Å²) in [5, 5.41) is 5.57. The molecule has 1 rings (SSSR count). The van der Waals surface area contributed by atoms with Crippen LogP contribution in [0.1, 0.15) is 19.4 Å². The number of urea groups is 1. The Labute approximate surface area is 98.4 Å². The molecule has 3 nitrogen and oxygen atoms in total. The van der Waals surface area contributed by atoms with Gasteiger partial charge in [0, 0.05) is 16.2 Å². The number of benzene rings is 1. The van der Waals surface area contributed by atoms with E-state index in [0.717, 1.165) is 15.7 Å². The van der Waals surface area contributed by atoms with Gasteiger partial charge in [0.15, 0.2) is 0 Å². The number of rotatable bonds is 2. The minimum atomic E-state index is -0.175. The molecule has 0 bridgehead atoms. The van der Waals surface area contributed by atoms with Crippen molar-refractivity contribution in [3.05, 3.63) is 28.2 Å². The highest BCUT2D eigenvalue weighted by atomic mass is 79.9. The Morgan fingerprint density at radius 1 is 1.40 bits per heavy atom. The van der Waals surface area contributed by atoms with Gasteiger partial charge in [-0.1, -0.05) is 22.0 Å². The summed E-state index contributed by atoms with van der Waals surface area (Å²) in [5.74, 6) is 0. The number of aryl methyl sites for hydroxylation is 1. The molecule has 2 N–H and O–H groups in total. The van der Waals surface area contributed by atoms with Crippen LogP contribution in [0.2, 0.25) is 0 Å². The predicted octanol–water partition coefficient (Wildman–Crippen LogP) is 3.29. The van der Waals surface area contributed by atoms with E-state index in [1.54, 1.807) is 0 Å². The zero-order valence-corrected chi connectivity index (χ0v) is 10.7. The Bertz CT molecular complexity index is 364. The highest BCUT2D eigenvalue weighted by Crippen LogP contribution is 2.20. The second-order valence-corrected chi connectivity index (χ2v) is 4.63. The lowest BCUT2D eigenvalue weighted by molar-refractivity contribution is 0.250. The van der Waals surface area contributed by atoms with E-state index in [0.29, 0.717) is 0 Å². The molecule has 0 saturated heterocycles. The first kappa shape index (κ1) is 12.0. The van der Waals surface area contributed by atoms with Gasteiger partial charge in [-0.3, -0.25) is 0 Å². The van der Waals surface area contributed by atoms with Crippen LogP contribution >= 0.6 is 15.9 Å². The summed E-state index contributed by atoms with van der Waals surface area (Å²) < 4.78 is 0.952. The maximum absolute atomic E-state index is 11.4. The number of hydrogen-bond donors (Lipinski definition) is 2. The van der Waals surface area contributed by atoms with Crippen molar-refractivity contribution in [1.29, 1.82) is 0 Å². The minimum Gasteiger partial charge on any atom is -0.336 e. The van der Waals surface area contributed by atoms with Gasteiger partial charge in [0.1, 0.15) is 0 Å². The molecule has 0 aliphatic carbocycles. The molecule has 82 valence electrons. The van der Waals surface area contributed by atoms with Gasteiger partial charge in [-0.25, -0.2) is 4.79 Å². The maximum Gasteiger partial charge on any atom is 0.319 e. The van der Waals surface area contributed by atoms with Crippen LogP contribution < -0.4 is 10.6 Å². The smallest absolute Gasteiger partial charge is 0.319 e. The zero-order valence-electron chi connectivity index (χ0n) is 9.10. The monoisotopic (exact) mass is 270 g/mol. The maximum atomic E-state index is 11.4. The van der Waals surface area contributed by atoms with Crippen LogP contribution in [0.25, 0.3) is 0 Å². The number of carbonyl (C=O) groups excluding carboxylic acids is 1.